The van der Waals surface area contributed by atoms with Crippen molar-refractivity contribution in [1.82, 2.24) is 6.15 Å². The van der Waals surface area contributed by atoms with Gasteiger partial charge in [0.05, 0.1) is 0 Å². The largest absolute Gasteiger partial charge is 0.759 e. The molecule has 5 nitrogen and oxygen atoms in total. The van der Waals surface area contributed by atoms with Gasteiger partial charge in [0.15, 0.2) is 0 Å². The summed E-state index contributed by atoms with van der Waals surface area (Å²) in [5.41, 5.74) is 0. The van der Waals surface area contributed by atoms with E-state index >= 15 is 0 Å². The van der Waals surface area contributed by atoms with Crippen LogP contribution in [0.3, 0.4) is 0 Å². The van der Waals surface area contributed by atoms with Crippen LogP contribution in [0.15, 0.2) is 0 Å². The molecule has 0 fully saturated rings. The Bertz CT molecular complexity index is 94.9. The van der Waals surface area contributed by atoms with Crippen molar-refractivity contribution in [3.8, 4) is 0 Å². The normalized spacial score (nSPS) is 8.29. The summed E-state index contributed by atoms with van der Waals surface area (Å²) in [5.74, 6) is 0. The van der Waals surface area contributed by atoms with Gasteiger partial charge in [0.2, 0.25) is 0 Å². The Hall–Kier alpha value is 0.518. The van der Waals surface area contributed by atoms with E-state index in [-0.39, 0.29) is 27.2 Å². The summed E-state index contributed by atoms with van der Waals surface area (Å²) < 4.78 is 34.1. The smallest absolute Gasteiger partial charge is 0.0311 e. The van der Waals surface area contributed by atoms with Crippen LogP contribution < -0.4 is 6.15 Å². The molecule has 50 valence electrons. The zero-order valence-electron chi connectivity index (χ0n) is 3.36. The SMILES string of the molecule is O=S(=O)([O-])[O-].[NH4+].[Pt]. The number of quaternary nitrogens is 1. The minimum absolute atomic E-state index is 0. The van der Waals surface area contributed by atoms with Crippen LogP contribution in [-0.4, -0.2) is 17.5 Å². The van der Waals surface area contributed by atoms with E-state index in [0.29, 0.717) is 0 Å². The Morgan fingerprint density at radius 3 is 1.14 bits per heavy atom. The van der Waals surface area contributed by atoms with E-state index in [1.165, 1.54) is 0 Å². The molecule has 0 saturated heterocycles. The first-order chi connectivity index (χ1) is 2.00. The second-order valence-electron chi connectivity index (χ2n) is 0.408. The molecule has 4 N–H and O–H groups in total. The molecular formula is H4NO4PtS-. The number of rotatable bonds is 0. The van der Waals surface area contributed by atoms with Crippen LogP contribution in [0.2, 0.25) is 0 Å². The summed E-state index contributed by atoms with van der Waals surface area (Å²) in [6.07, 6.45) is 0. The first-order valence-corrected chi connectivity index (χ1v) is 2.00. The fraction of sp³-hybridized carbons (Fsp3) is 0. The van der Waals surface area contributed by atoms with Gasteiger partial charge in [-0.1, -0.05) is 0 Å². The Kier molecular flexibility index (Phi) is 10.4. The molecule has 0 amide bonds. The van der Waals surface area contributed by atoms with Gasteiger partial charge in [-0.3, -0.25) is 8.42 Å². The first-order valence-electron chi connectivity index (χ1n) is 0.667. The first kappa shape index (κ1) is 15.6. The van der Waals surface area contributed by atoms with Crippen molar-refractivity contribution in [2.45, 2.75) is 0 Å². The maximum Gasteiger partial charge on any atom is 0.0311 e. The molecule has 7 heavy (non-hydrogen) atoms. The third-order valence-corrected chi connectivity index (χ3v) is 0. The van der Waals surface area contributed by atoms with Gasteiger partial charge in [0, 0.05) is 31.5 Å². The maximum absolute atomic E-state index is 8.52. The van der Waals surface area contributed by atoms with Crippen LogP contribution >= 0.6 is 0 Å². The molecule has 0 bridgehead atoms. The average molecular weight is 309 g/mol. The monoisotopic (exact) mass is 309 g/mol. The quantitative estimate of drug-likeness (QED) is 0.458. The van der Waals surface area contributed by atoms with Gasteiger partial charge < -0.3 is 15.3 Å². The maximum atomic E-state index is 8.52. The molecule has 0 rings (SSSR count). The van der Waals surface area contributed by atoms with Crippen molar-refractivity contribution in [2.24, 2.45) is 0 Å². The molecule has 0 aliphatic heterocycles. The van der Waals surface area contributed by atoms with Crippen LogP contribution in [0.4, 0.5) is 0 Å². The zero-order chi connectivity index (χ0) is 4.50. The molecular weight excluding hydrogens is 305 g/mol. The van der Waals surface area contributed by atoms with E-state index in [1.807, 2.05) is 0 Å². The van der Waals surface area contributed by atoms with Crippen LogP contribution in [0.25, 0.3) is 0 Å². The van der Waals surface area contributed by atoms with E-state index in [9.17, 15) is 0 Å². The Balaban J connectivity index is -0.0000000800. The van der Waals surface area contributed by atoms with Crippen LogP contribution in [0.1, 0.15) is 0 Å². The number of hydrogen-bond acceptors (Lipinski definition) is 4. The van der Waals surface area contributed by atoms with Gasteiger partial charge in [0.25, 0.3) is 0 Å². The van der Waals surface area contributed by atoms with E-state index in [0.717, 1.165) is 0 Å². The molecule has 0 aromatic carbocycles. The Morgan fingerprint density at radius 2 is 1.14 bits per heavy atom. The molecule has 0 radical (unpaired) electrons. The Morgan fingerprint density at radius 1 is 1.14 bits per heavy atom. The summed E-state index contributed by atoms with van der Waals surface area (Å²) in [4.78, 5) is 0. The zero-order valence-corrected chi connectivity index (χ0v) is 6.45. The van der Waals surface area contributed by atoms with Gasteiger partial charge in [0.1, 0.15) is 0 Å². The molecule has 0 unspecified atom stereocenters. The summed E-state index contributed by atoms with van der Waals surface area (Å²) in [6.45, 7) is 0. The second kappa shape index (κ2) is 4.67. The molecule has 0 aliphatic carbocycles. The fourth-order valence-corrected chi connectivity index (χ4v) is 0. The minimum atomic E-state index is -5.17. The van der Waals surface area contributed by atoms with Crippen LogP contribution in [0, 0.1) is 0 Å². The Labute approximate surface area is 55.5 Å². The van der Waals surface area contributed by atoms with E-state index < -0.39 is 10.4 Å². The topological polar surface area (TPSA) is 117 Å². The van der Waals surface area contributed by atoms with Crippen LogP contribution in [-0.2, 0) is 31.5 Å². The van der Waals surface area contributed by atoms with Gasteiger partial charge in [-0.05, 0) is 0 Å². The standard InChI is InChI=1S/H3N.H2O4S.Pt/c;1-5(2,3)4;/h1H3;(H2,1,2,3,4);/p-1. The summed E-state index contributed by atoms with van der Waals surface area (Å²) in [5, 5.41) is 0. The van der Waals surface area contributed by atoms with Crippen molar-refractivity contribution in [3.63, 3.8) is 0 Å². The number of hydrogen-bond donors (Lipinski definition) is 1. The molecule has 0 aromatic heterocycles. The van der Waals surface area contributed by atoms with Gasteiger partial charge >= 0.3 is 0 Å². The van der Waals surface area contributed by atoms with E-state index in [1.54, 1.807) is 0 Å². The van der Waals surface area contributed by atoms with Crippen molar-refractivity contribution in [2.75, 3.05) is 0 Å². The second-order valence-corrected chi connectivity index (χ2v) is 1.22. The molecule has 0 heterocycles. The molecule has 0 aliphatic rings. The van der Waals surface area contributed by atoms with Crippen molar-refractivity contribution in [3.05, 3.63) is 0 Å². The predicted octanol–water partition coefficient (Wildman–Crippen LogP) is -0.964. The molecule has 0 spiro atoms. The average Bonchev–Trinajstić information content (AvgIpc) is 0.722. The van der Waals surface area contributed by atoms with Crippen molar-refractivity contribution >= 4 is 10.4 Å². The third kappa shape index (κ3) is 495. The summed E-state index contributed by atoms with van der Waals surface area (Å²) >= 11 is 0. The summed E-state index contributed by atoms with van der Waals surface area (Å²) in [7, 11) is -5.17. The van der Waals surface area contributed by atoms with Gasteiger partial charge in [-0.2, -0.15) is 0 Å². The van der Waals surface area contributed by atoms with Gasteiger partial charge in [-0.15, -0.1) is 0 Å². The summed E-state index contributed by atoms with van der Waals surface area (Å²) in [6, 6.07) is 0. The van der Waals surface area contributed by atoms with Crippen molar-refractivity contribution in [1.29, 1.82) is 0 Å². The van der Waals surface area contributed by atoms with E-state index in [2.05, 4.69) is 0 Å². The fourth-order valence-electron chi connectivity index (χ4n) is 0. The molecule has 0 atom stereocenters. The molecule has 0 saturated carbocycles. The van der Waals surface area contributed by atoms with Crippen molar-refractivity contribution < 1.29 is 38.6 Å². The van der Waals surface area contributed by atoms with Gasteiger partial charge in [-0.25, -0.2) is 0 Å². The minimum Gasteiger partial charge on any atom is -0.759 e. The van der Waals surface area contributed by atoms with E-state index in [4.69, 9.17) is 17.5 Å². The molecule has 7 heteroatoms. The third-order valence-electron chi connectivity index (χ3n) is 0. The molecule has 0 aromatic rings. The van der Waals surface area contributed by atoms with Crippen LogP contribution in [0.5, 0.6) is 0 Å². The predicted molar refractivity (Wildman–Crippen MR) is 16.5 cm³/mol.